The summed E-state index contributed by atoms with van der Waals surface area (Å²) in [6.45, 7) is 0. The molecule has 2 aromatic carbocycles. The van der Waals surface area contributed by atoms with Crippen molar-refractivity contribution in [1.29, 1.82) is 0 Å². The quantitative estimate of drug-likeness (QED) is 0.678. The normalized spacial score (nSPS) is 10.3. The number of thiazole rings is 1. The third kappa shape index (κ3) is 2.85. The summed E-state index contributed by atoms with van der Waals surface area (Å²) in [7, 11) is 1.37. The molecule has 21 heavy (non-hydrogen) atoms. The lowest BCUT2D eigenvalue weighted by Crippen LogP contribution is -1.96. The molecule has 3 nitrogen and oxygen atoms in total. The molecule has 0 fully saturated rings. The van der Waals surface area contributed by atoms with Crippen LogP contribution in [0.1, 0.15) is 9.67 Å². The van der Waals surface area contributed by atoms with E-state index in [2.05, 4.69) is 29.2 Å². The maximum absolute atomic E-state index is 11.4. The van der Waals surface area contributed by atoms with Crippen molar-refractivity contribution in [3.63, 3.8) is 0 Å². The molecule has 1 heterocycles. The van der Waals surface area contributed by atoms with Crippen LogP contribution in [0.5, 0.6) is 0 Å². The molecule has 0 spiro atoms. The maximum atomic E-state index is 11.4. The number of aromatic nitrogens is 1. The van der Waals surface area contributed by atoms with Gasteiger partial charge >= 0.3 is 5.97 Å². The van der Waals surface area contributed by atoms with Crippen LogP contribution in [-0.4, -0.2) is 18.1 Å². The number of ether oxygens (including phenoxy) is 1. The molecule has 0 N–H and O–H groups in total. The first-order valence-corrected chi connectivity index (χ1v) is 7.29. The topological polar surface area (TPSA) is 39.2 Å². The van der Waals surface area contributed by atoms with Crippen LogP contribution in [0.15, 0.2) is 60.8 Å². The molecular formula is C17H13NO2S. The van der Waals surface area contributed by atoms with Crippen LogP contribution < -0.4 is 0 Å². The van der Waals surface area contributed by atoms with Gasteiger partial charge in [-0.1, -0.05) is 54.6 Å². The molecule has 0 unspecified atom stereocenters. The summed E-state index contributed by atoms with van der Waals surface area (Å²) in [5, 5.41) is 0.815. The minimum atomic E-state index is -0.348. The van der Waals surface area contributed by atoms with Crippen LogP contribution in [0.2, 0.25) is 0 Å². The Kier molecular flexibility index (Phi) is 3.79. The number of rotatable bonds is 3. The smallest absolute Gasteiger partial charge is 0.349 e. The highest BCUT2D eigenvalue weighted by atomic mass is 32.1. The second-order valence-corrected chi connectivity index (χ2v) is 5.50. The Morgan fingerprint density at radius 1 is 0.952 bits per heavy atom. The van der Waals surface area contributed by atoms with Gasteiger partial charge in [-0.15, -0.1) is 11.3 Å². The van der Waals surface area contributed by atoms with Crippen molar-refractivity contribution in [3.05, 3.63) is 65.7 Å². The minimum Gasteiger partial charge on any atom is -0.465 e. The molecule has 0 saturated carbocycles. The van der Waals surface area contributed by atoms with E-state index in [0.29, 0.717) is 4.88 Å². The first-order valence-electron chi connectivity index (χ1n) is 6.48. The average molecular weight is 295 g/mol. The molecule has 0 amide bonds. The molecule has 0 aliphatic carbocycles. The summed E-state index contributed by atoms with van der Waals surface area (Å²) in [5.41, 5.74) is 3.33. The van der Waals surface area contributed by atoms with Crippen LogP contribution in [0.3, 0.4) is 0 Å². The van der Waals surface area contributed by atoms with E-state index < -0.39 is 0 Å². The molecule has 0 saturated heterocycles. The van der Waals surface area contributed by atoms with Gasteiger partial charge in [0.1, 0.15) is 9.88 Å². The monoisotopic (exact) mass is 295 g/mol. The van der Waals surface area contributed by atoms with E-state index in [0.717, 1.165) is 16.1 Å². The molecule has 1 aromatic heterocycles. The fourth-order valence-electron chi connectivity index (χ4n) is 2.04. The third-order valence-corrected chi connectivity index (χ3v) is 4.16. The summed E-state index contributed by atoms with van der Waals surface area (Å²) in [5.74, 6) is -0.348. The number of nitrogens with zero attached hydrogens (tertiary/aromatic N) is 1. The van der Waals surface area contributed by atoms with Gasteiger partial charge in [-0.3, -0.25) is 0 Å². The molecule has 0 aliphatic heterocycles. The summed E-state index contributed by atoms with van der Waals surface area (Å²) >= 11 is 1.33. The zero-order valence-corrected chi connectivity index (χ0v) is 12.3. The third-order valence-electron chi connectivity index (χ3n) is 3.13. The second-order valence-electron chi connectivity index (χ2n) is 4.46. The Hall–Kier alpha value is -2.46. The van der Waals surface area contributed by atoms with Crippen molar-refractivity contribution in [2.75, 3.05) is 7.11 Å². The SMILES string of the molecule is COC(=O)c1cnc(-c2ccc(-c3ccccc3)cc2)s1. The largest absolute Gasteiger partial charge is 0.465 e. The van der Waals surface area contributed by atoms with Crippen LogP contribution in [0, 0.1) is 0 Å². The van der Waals surface area contributed by atoms with Gasteiger partial charge in [-0.05, 0) is 11.1 Å². The number of hydrogen-bond acceptors (Lipinski definition) is 4. The first kappa shape index (κ1) is 13.5. The molecule has 3 aromatic rings. The predicted molar refractivity (Wildman–Crippen MR) is 84.3 cm³/mol. The minimum absolute atomic E-state index is 0.348. The standard InChI is InChI=1S/C17H13NO2S/c1-20-17(19)15-11-18-16(21-15)14-9-7-13(8-10-14)12-5-3-2-4-6-12/h2-11H,1H3. The number of methoxy groups -OCH3 is 1. The van der Waals surface area contributed by atoms with Crippen LogP contribution in [0.25, 0.3) is 21.7 Å². The fraction of sp³-hybridized carbons (Fsp3) is 0.0588. The molecular weight excluding hydrogens is 282 g/mol. The van der Waals surface area contributed by atoms with Gasteiger partial charge in [-0.25, -0.2) is 9.78 Å². The second kappa shape index (κ2) is 5.89. The Morgan fingerprint density at radius 3 is 2.24 bits per heavy atom. The maximum Gasteiger partial charge on any atom is 0.349 e. The van der Waals surface area contributed by atoms with Gasteiger partial charge < -0.3 is 4.74 Å². The van der Waals surface area contributed by atoms with Crippen molar-refractivity contribution in [2.24, 2.45) is 0 Å². The van der Waals surface area contributed by atoms with E-state index in [1.54, 1.807) is 6.20 Å². The number of esters is 1. The molecule has 0 atom stereocenters. The number of carbonyl (C=O) groups is 1. The summed E-state index contributed by atoms with van der Waals surface area (Å²) in [6, 6.07) is 18.3. The van der Waals surface area contributed by atoms with Gasteiger partial charge in [0, 0.05) is 5.56 Å². The number of hydrogen-bond donors (Lipinski definition) is 0. The Labute approximate surface area is 126 Å². The van der Waals surface area contributed by atoms with E-state index in [9.17, 15) is 4.79 Å². The van der Waals surface area contributed by atoms with Crippen molar-refractivity contribution < 1.29 is 9.53 Å². The van der Waals surface area contributed by atoms with Gasteiger partial charge in [0.2, 0.25) is 0 Å². The molecule has 0 aliphatic rings. The zero-order valence-electron chi connectivity index (χ0n) is 11.4. The molecule has 4 heteroatoms. The molecule has 0 radical (unpaired) electrons. The lowest BCUT2D eigenvalue weighted by Gasteiger charge is -2.02. The summed E-state index contributed by atoms with van der Waals surface area (Å²) in [4.78, 5) is 16.2. The predicted octanol–water partition coefficient (Wildman–Crippen LogP) is 4.26. The van der Waals surface area contributed by atoms with Crippen molar-refractivity contribution in [1.82, 2.24) is 4.98 Å². The van der Waals surface area contributed by atoms with Crippen molar-refractivity contribution in [3.8, 4) is 21.7 Å². The van der Waals surface area contributed by atoms with Gasteiger partial charge in [0.25, 0.3) is 0 Å². The molecule has 104 valence electrons. The lowest BCUT2D eigenvalue weighted by molar-refractivity contribution is 0.0606. The molecule has 0 bridgehead atoms. The zero-order chi connectivity index (χ0) is 14.7. The van der Waals surface area contributed by atoms with Crippen molar-refractivity contribution in [2.45, 2.75) is 0 Å². The van der Waals surface area contributed by atoms with E-state index in [1.165, 1.54) is 24.0 Å². The fourth-order valence-corrected chi connectivity index (χ4v) is 2.88. The average Bonchev–Trinajstić information content (AvgIpc) is 3.05. The Morgan fingerprint density at radius 2 is 1.57 bits per heavy atom. The lowest BCUT2D eigenvalue weighted by atomic mass is 10.0. The van der Waals surface area contributed by atoms with Gasteiger partial charge in [0.15, 0.2) is 0 Å². The number of benzene rings is 2. The van der Waals surface area contributed by atoms with E-state index >= 15 is 0 Å². The highest BCUT2D eigenvalue weighted by molar-refractivity contribution is 7.16. The summed E-state index contributed by atoms with van der Waals surface area (Å²) < 4.78 is 4.69. The summed E-state index contributed by atoms with van der Waals surface area (Å²) in [6.07, 6.45) is 1.55. The van der Waals surface area contributed by atoms with Crippen LogP contribution in [0.4, 0.5) is 0 Å². The van der Waals surface area contributed by atoms with E-state index in [4.69, 9.17) is 4.74 Å². The van der Waals surface area contributed by atoms with Gasteiger partial charge in [0.05, 0.1) is 13.3 Å². The first-order chi connectivity index (χ1) is 10.3. The highest BCUT2D eigenvalue weighted by Gasteiger charge is 2.11. The van der Waals surface area contributed by atoms with E-state index in [1.807, 2.05) is 30.3 Å². The number of carbonyl (C=O) groups excluding carboxylic acids is 1. The van der Waals surface area contributed by atoms with Crippen molar-refractivity contribution >= 4 is 17.3 Å². The molecule has 3 rings (SSSR count). The van der Waals surface area contributed by atoms with E-state index in [-0.39, 0.29) is 5.97 Å². The van der Waals surface area contributed by atoms with Crippen LogP contribution in [-0.2, 0) is 4.74 Å². The highest BCUT2D eigenvalue weighted by Crippen LogP contribution is 2.28. The van der Waals surface area contributed by atoms with Gasteiger partial charge in [-0.2, -0.15) is 0 Å². The Balaban J connectivity index is 1.87. The van der Waals surface area contributed by atoms with Crippen LogP contribution >= 0.6 is 11.3 Å². The Bertz CT molecular complexity index is 748.